The van der Waals surface area contributed by atoms with Gasteiger partial charge in [-0.3, -0.25) is 4.68 Å². The Morgan fingerprint density at radius 2 is 2.11 bits per heavy atom. The van der Waals surface area contributed by atoms with Crippen molar-refractivity contribution in [1.29, 1.82) is 0 Å². The first-order valence-corrected chi connectivity index (χ1v) is 6.91. The monoisotopic (exact) mass is 252 g/mol. The second kappa shape index (κ2) is 5.74. The quantitative estimate of drug-likeness (QED) is 0.896. The van der Waals surface area contributed by atoms with Crippen LogP contribution in [0.25, 0.3) is 0 Å². The van der Waals surface area contributed by atoms with Gasteiger partial charge < -0.3 is 9.84 Å². The number of methoxy groups -OCH3 is 1. The van der Waals surface area contributed by atoms with Crippen molar-refractivity contribution in [1.82, 2.24) is 9.78 Å². The van der Waals surface area contributed by atoms with Crippen LogP contribution in [0, 0.1) is 11.8 Å². The van der Waals surface area contributed by atoms with Gasteiger partial charge in [0, 0.05) is 7.05 Å². The third-order valence-corrected chi connectivity index (χ3v) is 4.36. The number of ether oxygens (including phenoxy) is 1. The van der Waals surface area contributed by atoms with Gasteiger partial charge in [-0.25, -0.2) is 0 Å². The lowest BCUT2D eigenvalue weighted by molar-refractivity contribution is 0.0644. The molecule has 1 saturated carbocycles. The second-order valence-corrected chi connectivity index (χ2v) is 5.36. The van der Waals surface area contributed by atoms with E-state index in [1.54, 1.807) is 18.0 Å². The molecular weight excluding hydrogens is 228 g/mol. The minimum atomic E-state index is -0.453. The van der Waals surface area contributed by atoms with Gasteiger partial charge in [-0.1, -0.05) is 26.2 Å². The summed E-state index contributed by atoms with van der Waals surface area (Å²) in [7, 11) is 3.49. The van der Waals surface area contributed by atoms with E-state index in [4.69, 9.17) is 4.74 Å². The molecule has 18 heavy (non-hydrogen) atoms. The van der Waals surface area contributed by atoms with Crippen molar-refractivity contribution < 1.29 is 9.84 Å². The van der Waals surface area contributed by atoms with Crippen molar-refractivity contribution in [2.75, 3.05) is 7.11 Å². The zero-order chi connectivity index (χ0) is 13.1. The van der Waals surface area contributed by atoms with Gasteiger partial charge in [-0.15, -0.1) is 0 Å². The summed E-state index contributed by atoms with van der Waals surface area (Å²) in [5.41, 5.74) is 0.817. The maximum absolute atomic E-state index is 10.5. The van der Waals surface area contributed by atoms with Crippen LogP contribution in [0.5, 0.6) is 5.75 Å². The second-order valence-electron chi connectivity index (χ2n) is 5.36. The van der Waals surface area contributed by atoms with Crippen molar-refractivity contribution in [2.45, 2.75) is 45.1 Å². The van der Waals surface area contributed by atoms with Gasteiger partial charge in [0.25, 0.3) is 0 Å². The molecule has 0 aliphatic heterocycles. The van der Waals surface area contributed by atoms with E-state index < -0.39 is 6.10 Å². The molecule has 102 valence electrons. The lowest BCUT2D eigenvalue weighted by Crippen LogP contribution is -2.22. The average Bonchev–Trinajstić information content (AvgIpc) is 2.79. The Morgan fingerprint density at radius 1 is 1.44 bits per heavy atom. The van der Waals surface area contributed by atoms with Crippen molar-refractivity contribution in [3.63, 3.8) is 0 Å². The summed E-state index contributed by atoms with van der Waals surface area (Å²) in [6, 6.07) is 0. The molecule has 1 aromatic rings. The minimum absolute atomic E-state index is 0.345. The molecule has 4 heteroatoms. The number of hydrogen-bond donors (Lipinski definition) is 1. The lowest BCUT2D eigenvalue weighted by Gasteiger charge is -2.31. The Labute approximate surface area is 109 Å². The van der Waals surface area contributed by atoms with Crippen LogP contribution in [0.3, 0.4) is 0 Å². The smallest absolute Gasteiger partial charge is 0.162 e. The van der Waals surface area contributed by atoms with E-state index in [2.05, 4.69) is 12.0 Å². The molecule has 4 nitrogen and oxygen atoms in total. The molecular formula is C14H24N2O2. The number of rotatable bonds is 4. The van der Waals surface area contributed by atoms with Crippen molar-refractivity contribution in [2.24, 2.45) is 18.9 Å². The average molecular weight is 252 g/mol. The number of nitrogens with zero attached hydrogens (tertiary/aromatic N) is 2. The molecule has 1 aliphatic carbocycles. The van der Waals surface area contributed by atoms with Gasteiger partial charge in [0.2, 0.25) is 0 Å². The molecule has 1 fully saturated rings. The number of hydrogen-bond acceptors (Lipinski definition) is 3. The third kappa shape index (κ3) is 2.53. The van der Waals surface area contributed by atoms with E-state index in [1.165, 1.54) is 19.3 Å². The first kappa shape index (κ1) is 13.4. The van der Waals surface area contributed by atoms with E-state index in [0.29, 0.717) is 11.7 Å². The summed E-state index contributed by atoms with van der Waals surface area (Å²) < 4.78 is 7.01. The van der Waals surface area contributed by atoms with Crippen LogP contribution in [0.4, 0.5) is 0 Å². The van der Waals surface area contributed by atoms with Gasteiger partial charge >= 0.3 is 0 Å². The predicted molar refractivity (Wildman–Crippen MR) is 70.5 cm³/mol. The molecule has 1 aliphatic rings. The fraction of sp³-hybridized carbons (Fsp3) is 0.786. The van der Waals surface area contributed by atoms with Crippen LogP contribution in [0.15, 0.2) is 6.20 Å². The lowest BCUT2D eigenvalue weighted by atomic mass is 9.78. The Kier molecular flexibility index (Phi) is 4.27. The van der Waals surface area contributed by atoms with E-state index in [-0.39, 0.29) is 0 Å². The number of aryl methyl sites for hydroxylation is 1. The number of aliphatic hydroxyl groups is 1. The Bertz CT molecular complexity index is 381. The zero-order valence-corrected chi connectivity index (χ0v) is 11.6. The van der Waals surface area contributed by atoms with E-state index >= 15 is 0 Å². The van der Waals surface area contributed by atoms with Crippen LogP contribution in [0.1, 0.15) is 50.8 Å². The Balaban J connectivity index is 2.07. The maximum atomic E-state index is 10.5. The fourth-order valence-corrected chi connectivity index (χ4v) is 3.06. The highest BCUT2D eigenvalue weighted by Gasteiger charge is 2.30. The molecule has 0 spiro atoms. The highest BCUT2D eigenvalue weighted by Crippen LogP contribution is 2.39. The summed E-state index contributed by atoms with van der Waals surface area (Å²) in [5.74, 6) is 1.89. The summed E-state index contributed by atoms with van der Waals surface area (Å²) in [6.45, 7) is 2.26. The van der Waals surface area contributed by atoms with Crippen LogP contribution in [-0.4, -0.2) is 22.0 Å². The molecule has 1 atom stereocenters. The van der Waals surface area contributed by atoms with Crippen LogP contribution in [0.2, 0.25) is 0 Å². The molecule has 2 rings (SSSR count). The minimum Gasteiger partial charge on any atom is -0.493 e. The topological polar surface area (TPSA) is 47.3 Å². The van der Waals surface area contributed by atoms with Crippen molar-refractivity contribution in [3.05, 3.63) is 11.9 Å². The maximum Gasteiger partial charge on any atom is 0.162 e. The molecule has 1 unspecified atom stereocenters. The van der Waals surface area contributed by atoms with E-state index in [9.17, 15) is 5.11 Å². The van der Waals surface area contributed by atoms with Gasteiger partial charge in [0.15, 0.2) is 5.75 Å². The molecule has 0 saturated heterocycles. The Morgan fingerprint density at radius 3 is 2.67 bits per heavy atom. The predicted octanol–water partition coefficient (Wildman–Crippen LogP) is 2.68. The fourth-order valence-electron chi connectivity index (χ4n) is 3.06. The molecule has 1 N–H and O–H groups in total. The van der Waals surface area contributed by atoms with Crippen molar-refractivity contribution >= 4 is 0 Å². The van der Waals surface area contributed by atoms with Crippen LogP contribution >= 0.6 is 0 Å². The first-order chi connectivity index (χ1) is 8.67. The van der Waals surface area contributed by atoms with Crippen LogP contribution < -0.4 is 4.74 Å². The standard InChI is InChI=1S/C14H24N2O2/c1-4-10-5-7-11(8-6-10)14(17)13-12(18-3)9-15-16(13)2/h9-11,14,17H,4-8H2,1-3H3. The van der Waals surface area contributed by atoms with Gasteiger partial charge in [0.05, 0.1) is 13.3 Å². The van der Waals surface area contributed by atoms with E-state index in [1.807, 2.05) is 7.05 Å². The first-order valence-electron chi connectivity index (χ1n) is 6.91. The van der Waals surface area contributed by atoms with E-state index in [0.717, 1.165) is 24.5 Å². The summed E-state index contributed by atoms with van der Waals surface area (Å²) in [6.07, 6.45) is 7.16. The molecule has 0 radical (unpaired) electrons. The van der Waals surface area contributed by atoms with Crippen molar-refractivity contribution in [3.8, 4) is 5.75 Å². The normalized spacial score (nSPS) is 26.0. The third-order valence-electron chi connectivity index (χ3n) is 4.36. The molecule has 0 bridgehead atoms. The Hall–Kier alpha value is -1.03. The van der Waals surface area contributed by atoms with Gasteiger partial charge in [-0.2, -0.15) is 5.10 Å². The highest BCUT2D eigenvalue weighted by atomic mass is 16.5. The van der Waals surface area contributed by atoms with Gasteiger partial charge in [-0.05, 0) is 24.7 Å². The van der Waals surface area contributed by atoms with Crippen LogP contribution in [-0.2, 0) is 7.05 Å². The summed E-state index contributed by atoms with van der Waals surface area (Å²) in [5, 5.41) is 14.7. The highest BCUT2D eigenvalue weighted by molar-refractivity contribution is 5.27. The molecule has 0 aromatic carbocycles. The summed E-state index contributed by atoms with van der Waals surface area (Å²) >= 11 is 0. The molecule has 1 aromatic heterocycles. The summed E-state index contributed by atoms with van der Waals surface area (Å²) in [4.78, 5) is 0. The molecule has 1 heterocycles. The number of aliphatic hydroxyl groups excluding tert-OH is 1. The SMILES string of the molecule is CCC1CCC(C(O)c2c(OC)cnn2C)CC1. The largest absolute Gasteiger partial charge is 0.493 e. The zero-order valence-electron chi connectivity index (χ0n) is 11.6. The van der Waals surface area contributed by atoms with Gasteiger partial charge in [0.1, 0.15) is 11.8 Å². The molecule has 0 amide bonds. The number of aromatic nitrogens is 2.